The predicted molar refractivity (Wildman–Crippen MR) is 83.6 cm³/mol. The number of carbonyl (C=O) groups excluding carboxylic acids is 1. The van der Waals surface area contributed by atoms with Crippen LogP contribution in [0.15, 0.2) is 0 Å². The molecule has 2 rings (SSSR count). The lowest BCUT2D eigenvalue weighted by molar-refractivity contribution is -0.122. The van der Waals surface area contributed by atoms with Gasteiger partial charge in [-0.3, -0.25) is 9.69 Å². The Morgan fingerprint density at radius 1 is 1.25 bits per heavy atom. The minimum absolute atomic E-state index is 0. The smallest absolute Gasteiger partial charge is 0.237 e. The fourth-order valence-corrected chi connectivity index (χ4v) is 3.62. The van der Waals surface area contributed by atoms with Crippen molar-refractivity contribution < 1.29 is 13.2 Å². The molecule has 2 N–H and O–H groups in total. The molecular formula is C11H23Cl2N3O3S. The van der Waals surface area contributed by atoms with Crippen LogP contribution in [0.1, 0.15) is 12.8 Å². The Hall–Kier alpha value is -0.0800. The third-order valence-corrected chi connectivity index (χ3v) is 5.15. The molecule has 0 bridgehead atoms. The van der Waals surface area contributed by atoms with Gasteiger partial charge in [-0.1, -0.05) is 0 Å². The molecule has 0 radical (unpaired) electrons. The summed E-state index contributed by atoms with van der Waals surface area (Å²) in [7, 11) is -2.81. The summed E-state index contributed by atoms with van der Waals surface area (Å²) in [6.45, 7) is 3.41. The Kier molecular flexibility index (Phi) is 9.01. The third kappa shape index (κ3) is 6.13. The highest BCUT2D eigenvalue weighted by Gasteiger charge is 2.23. The Bertz CT molecular complexity index is 386. The number of rotatable bonds is 4. The molecule has 2 fully saturated rings. The maximum absolute atomic E-state index is 11.7. The van der Waals surface area contributed by atoms with Crippen LogP contribution in [0.5, 0.6) is 0 Å². The first-order chi connectivity index (χ1) is 8.57. The lowest BCUT2D eigenvalue weighted by Crippen LogP contribution is -2.46. The molecule has 0 aromatic carbocycles. The number of amides is 1. The molecule has 6 nitrogen and oxygen atoms in total. The van der Waals surface area contributed by atoms with Crippen molar-refractivity contribution in [1.82, 2.24) is 15.5 Å². The van der Waals surface area contributed by atoms with Crippen molar-refractivity contribution in [1.29, 1.82) is 0 Å². The molecule has 0 aliphatic carbocycles. The van der Waals surface area contributed by atoms with E-state index in [1.165, 1.54) is 0 Å². The van der Waals surface area contributed by atoms with Gasteiger partial charge in [0.1, 0.15) is 0 Å². The van der Waals surface area contributed by atoms with E-state index in [0.717, 1.165) is 25.9 Å². The van der Waals surface area contributed by atoms with Crippen LogP contribution < -0.4 is 10.6 Å². The Labute approximate surface area is 132 Å². The first kappa shape index (κ1) is 19.9. The molecule has 0 spiro atoms. The van der Waals surface area contributed by atoms with Crippen LogP contribution in [0.2, 0.25) is 0 Å². The average molecular weight is 348 g/mol. The zero-order chi connectivity index (χ0) is 13.0. The molecule has 9 heteroatoms. The molecule has 2 heterocycles. The molecule has 0 saturated carbocycles. The van der Waals surface area contributed by atoms with E-state index >= 15 is 0 Å². The first-order valence-electron chi connectivity index (χ1n) is 6.51. The number of sulfone groups is 1. The van der Waals surface area contributed by atoms with E-state index in [4.69, 9.17) is 0 Å². The van der Waals surface area contributed by atoms with Gasteiger partial charge < -0.3 is 10.6 Å². The zero-order valence-electron chi connectivity index (χ0n) is 11.3. The summed E-state index contributed by atoms with van der Waals surface area (Å²) in [5.74, 6) is 0.549. The molecule has 1 atom stereocenters. The Balaban J connectivity index is 0.00000180. The fourth-order valence-electron chi connectivity index (χ4n) is 2.34. The normalized spacial score (nSPS) is 25.3. The number of hydrogen-bond acceptors (Lipinski definition) is 5. The van der Waals surface area contributed by atoms with E-state index in [1.54, 1.807) is 0 Å². The molecule has 20 heavy (non-hydrogen) atoms. The number of nitrogens with one attached hydrogen (secondary N) is 2. The van der Waals surface area contributed by atoms with E-state index in [0.29, 0.717) is 19.6 Å². The van der Waals surface area contributed by atoms with Crippen molar-refractivity contribution >= 4 is 40.6 Å². The molecule has 0 aromatic rings. The Morgan fingerprint density at radius 3 is 2.45 bits per heavy atom. The SMILES string of the molecule is Cl.Cl.O=C(NCCN1CCS(=O)(=O)CC1)C1CCCN1. The van der Waals surface area contributed by atoms with Crippen molar-refractivity contribution in [2.24, 2.45) is 0 Å². The number of nitrogens with zero attached hydrogens (tertiary/aromatic N) is 1. The fraction of sp³-hybridized carbons (Fsp3) is 0.909. The standard InChI is InChI=1S/C11H21N3O3S.2ClH/c15-11(10-2-1-3-12-10)13-4-5-14-6-8-18(16,17)9-7-14;;/h10,12H,1-9H2,(H,13,15);2*1H. The average Bonchev–Trinajstić information content (AvgIpc) is 2.85. The van der Waals surface area contributed by atoms with Gasteiger partial charge in [-0.25, -0.2) is 8.42 Å². The second kappa shape index (κ2) is 9.04. The van der Waals surface area contributed by atoms with Gasteiger partial charge in [-0.05, 0) is 19.4 Å². The summed E-state index contributed by atoms with van der Waals surface area (Å²) in [5.41, 5.74) is 0. The number of halogens is 2. The quantitative estimate of drug-likeness (QED) is 0.711. The summed E-state index contributed by atoms with van der Waals surface area (Å²) < 4.78 is 22.5. The summed E-state index contributed by atoms with van der Waals surface area (Å²) in [6.07, 6.45) is 1.97. The van der Waals surface area contributed by atoms with Crippen molar-refractivity contribution in [3.63, 3.8) is 0 Å². The molecule has 2 saturated heterocycles. The number of carbonyl (C=O) groups is 1. The van der Waals surface area contributed by atoms with Crippen molar-refractivity contribution in [2.45, 2.75) is 18.9 Å². The summed E-state index contributed by atoms with van der Waals surface area (Å²) in [4.78, 5) is 13.8. The van der Waals surface area contributed by atoms with Gasteiger partial charge in [-0.15, -0.1) is 24.8 Å². The van der Waals surface area contributed by atoms with Gasteiger partial charge >= 0.3 is 0 Å². The van der Waals surface area contributed by atoms with Crippen LogP contribution in [0.25, 0.3) is 0 Å². The molecule has 0 aromatic heterocycles. The summed E-state index contributed by atoms with van der Waals surface area (Å²) >= 11 is 0. The second-order valence-corrected chi connectivity index (χ2v) is 7.24. The van der Waals surface area contributed by atoms with Gasteiger partial charge in [0.05, 0.1) is 17.5 Å². The highest BCUT2D eigenvalue weighted by Crippen LogP contribution is 2.05. The van der Waals surface area contributed by atoms with Crippen molar-refractivity contribution in [3.8, 4) is 0 Å². The molecule has 120 valence electrons. The molecule has 2 aliphatic heterocycles. The van der Waals surface area contributed by atoms with E-state index < -0.39 is 9.84 Å². The molecule has 1 unspecified atom stereocenters. The topological polar surface area (TPSA) is 78.5 Å². The van der Waals surface area contributed by atoms with E-state index in [9.17, 15) is 13.2 Å². The van der Waals surface area contributed by atoms with Gasteiger partial charge in [0, 0.05) is 26.2 Å². The summed E-state index contributed by atoms with van der Waals surface area (Å²) in [5, 5.41) is 6.05. The van der Waals surface area contributed by atoms with Crippen molar-refractivity contribution in [3.05, 3.63) is 0 Å². The van der Waals surface area contributed by atoms with E-state index in [-0.39, 0.29) is 48.3 Å². The van der Waals surface area contributed by atoms with Crippen LogP contribution in [-0.4, -0.2) is 69.5 Å². The van der Waals surface area contributed by atoms with Crippen LogP contribution in [-0.2, 0) is 14.6 Å². The molecule has 2 aliphatic rings. The van der Waals surface area contributed by atoms with Gasteiger partial charge in [0.2, 0.25) is 5.91 Å². The predicted octanol–water partition coefficient (Wildman–Crippen LogP) is -0.571. The monoisotopic (exact) mass is 347 g/mol. The van der Waals surface area contributed by atoms with Gasteiger partial charge in [-0.2, -0.15) is 0 Å². The second-order valence-electron chi connectivity index (χ2n) is 4.93. The van der Waals surface area contributed by atoms with Crippen LogP contribution in [0, 0.1) is 0 Å². The van der Waals surface area contributed by atoms with Gasteiger partial charge in [0.25, 0.3) is 0 Å². The zero-order valence-corrected chi connectivity index (χ0v) is 13.8. The highest BCUT2D eigenvalue weighted by molar-refractivity contribution is 7.91. The van der Waals surface area contributed by atoms with Crippen LogP contribution >= 0.6 is 24.8 Å². The largest absolute Gasteiger partial charge is 0.353 e. The van der Waals surface area contributed by atoms with Crippen molar-refractivity contribution in [2.75, 3.05) is 44.2 Å². The Morgan fingerprint density at radius 2 is 1.90 bits per heavy atom. The minimum Gasteiger partial charge on any atom is -0.353 e. The lowest BCUT2D eigenvalue weighted by Gasteiger charge is -2.26. The summed E-state index contributed by atoms with van der Waals surface area (Å²) in [6, 6.07) is -0.0354. The maximum atomic E-state index is 11.7. The van der Waals surface area contributed by atoms with E-state index in [2.05, 4.69) is 15.5 Å². The molecule has 1 amide bonds. The van der Waals surface area contributed by atoms with Gasteiger partial charge in [0.15, 0.2) is 9.84 Å². The number of hydrogen-bond donors (Lipinski definition) is 2. The third-order valence-electron chi connectivity index (χ3n) is 3.54. The van der Waals surface area contributed by atoms with E-state index in [1.807, 2.05) is 0 Å². The molecular weight excluding hydrogens is 325 g/mol. The maximum Gasteiger partial charge on any atom is 0.237 e. The highest BCUT2D eigenvalue weighted by atomic mass is 35.5. The minimum atomic E-state index is -2.81. The van der Waals surface area contributed by atoms with Crippen LogP contribution in [0.4, 0.5) is 0 Å². The first-order valence-corrected chi connectivity index (χ1v) is 8.33. The lowest BCUT2D eigenvalue weighted by atomic mass is 10.2. The van der Waals surface area contributed by atoms with Crippen LogP contribution in [0.3, 0.4) is 0 Å².